The Balaban J connectivity index is 1.62. The van der Waals surface area contributed by atoms with Crippen molar-refractivity contribution in [3.8, 4) is 0 Å². The van der Waals surface area contributed by atoms with E-state index in [1.54, 1.807) is 7.11 Å². The molecule has 0 N–H and O–H groups in total. The fraction of sp³-hybridized carbons (Fsp3) is 0.952. The Hall–Kier alpha value is -0.610. The molecular weight excluding hydrogens is 316 g/mol. The maximum absolute atomic E-state index is 12.4. The molecule has 1 unspecified atom stereocenters. The molecule has 5 rings (SSSR count). The lowest BCUT2D eigenvalue weighted by Crippen LogP contribution is -2.62. The minimum absolute atomic E-state index is 0.0261. The van der Waals surface area contributed by atoms with E-state index >= 15 is 0 Å². The zero-order valence-corrected chi connectivity index (χ0v) is 16.0. The number of hydrogen-bond donors (Lipinski definition) is 0. The van der Waals surface area contributed by atoms with Crippen LogP contribution in [0.15, 0.2) is 0 Å². The first-order chi connectivity index (χ1) is 11.8. The van der Waals surface area contributed by atoms with Crippen molar-refractivity contribution in [2.75, 3.05) is 7.11 Å². The predicted molar refractivity (Wildman–Crippen MR) is 92.4 cm³/mol. The van der Waals surface area contributed by atoms with Crippen LogP contribution in [0.25, 0.3) is 0 Å². The molecule has 3 aliphatic carbocycles. The third kappa shape index (κ3) is 1.83. The van der Waals surface area contributed by atoms with E-state index in [1.807, 2.05) is 0 Å². The summed E-state index contributed by atoms with van der Waals surface area (Å²) in [5, 5.41) is 0. The van der Waals surface area contributed by atoms with E-state index in [0.29, 0.717) is 16.7 Å². The van der Waals surface area contributed by atoms with Gasteiger partial charge in [-0.25, -0.2) is 0 Å². The highest BCUT2D eigenvalue weighted by Crippen LogP contribution is 2.73. The van der Waals surface area contributed by atoms with Crippen molar-refractivity contribution in [2.24, 2.45) is 39.9 Å². The maximum Gasteiger partial charge on any atom is 0.311 e. The molecule has 1 spiro atoms. The van der Waals surface area contributed by atoms with Crippen LogP contribution >= 0.6 is 0 Å². The number of carbonyl (C=O) groups is 1. The fourth-order valence-electron chi connectivity index (χ4n) is 8.44. The molecule has 25 heavy (non-hydrogen) atoms. The third-order valence-electron chi connectivity index (χ3n) is 9.15. The summed E-state index contributed by atoms with van der Waals surface area (Å²) < 4.78 is 17.7. The Labute approximate surface area is 151 Å². The second-order valence-corrected chi connectivity index (χ2v) is 10.3. The van der Waals surface area contributed by atoms with Gasteiger partial charge in [-0.1, -0.05) is 27.2 Å². The van der Waals surface area contributed by atoms with E-state index in [9.17, 15) is 4.79 Å². The Morgan fingerprint density at radius 1 is 1.04 bits per heavy atom. The lowest BCUT2D eigenvalue weighted by atomic mass is 9.38. The summed E-state index contributed by atoms with van der Waals surface area (Å²) in [4.78, 5) is 12.4. The molecule has 140 valence electrons. The first kappa shape index (κ1) is 16.6. The van der Waals surface area contributed by atoms with Crippen LogP contribution in [0.1, 0.15) is 65.7 Å². The molecule has 0 aromatic carbocycles. The molecule has 4 nitrogen and oxygen atoms in total. The number of ether oxygens (including phenoxy) is 3. The van der Waals surface area contributed by atoms with Crippen LogP contribution in [0.2, 0.25) is 0 Å². The summed E-state index contributed by atoms with van der Waals surface area (Å²) in [6.45, 7) is 7.49. The zero-order chi connectivity index (χ0) is 17.6. The van der Waals surface area contributed by atoms with E-state index < -0.39 is 0 Å². The second-order valence-electron chi connectivity index (χ2n) is 10.3. The number of hydrogen-bond acceptors (Lipinski definition) is 4. The normalized spacial score (nSPS) is 55.9. The largest absolute Gasteiger partial charge is 0.435 e. The van der Waals surface area contributed by atoms with Crippen molar-refractivity contribution >= 4 is 5.97 Å². The molecule has 4 heteroatoms. The number of fused-ring (bicyclic) bond motifs is 2. The minimum Gasteiger partial charge on any atom is -0.435 e. The molecule has 2 aliphatic heterocycles. The van der Waals surface area contributed by atoms with Gasteiger partial charge in [-0.3, -0.25) is 4.79 Å². The number of methoxy groups -OCH3 is 1. The molecule has 3 saturated carbocycles. The highest BCUT2D eigenvalue weighted by molar-refractivity contribution is 5.75. The van der Waals surface area contributed by atoms with Gasteiger partial charge in [0.25, 0.3) is 0 Å². The van der Waals surface area contributed by atoms with E-state index in [2.05, 4.69) is 20.8 Å². The van der Waals surface area contributed by atoms with Gasteiger partial charge in [0.1, 0.15) is 0 Å². The van der Waals surface area contributed by atoms with Crippen LogP contribution in [0, 0.1) is 39.9 Å². The van der Waals surface area contributed by atoms with Gasteiger partial charge in [-0.05, 0) is 61.2 Å². The van der Waals surface area contributed by atoms with Crippen molar-refractivity contribution in [3.63, 3.8) is 0 Å². The molecule has 0 amide bonds. The average Bonchev–Trinajstić information content (AvgIpc) is 3.04. The molecule has 0 aromatic heterocycles. The van der Waals surface area contributed by atoms with Crippen molar-refractivity contribution in [1.82, 2.24) is 0 Å². The van der Waals surface area contributed by atoms with Crippen LogP contribution in [0.3, 0.4) is 0 Å². The van der Waals surface area contributed by atoms with E-state index in [4.69, 9.17) is 14.2 Å². The highest BCUT2D eigenvalue weighted by atomic mass is 16.8. The average molecular weight is 348 g/mol. The number of esters is 1. The van der Waals surface area contributed by atoms with Crippen LogP contribution in [-0.2, 0) is 19.0 Å². The summed E-state index contributed by atoms with van der Waals surface area (Å²) >= 11 is 0. The Morgan fingerprint density at radius 3 is 2.60 bits per heavy atom. The van der Waals surface area contributed by atoms with E-state index in [1.165, 1.54) is 25.7 Å². The molecule has 2 heterocycles. The Morgan fingerprint density at radius 2 is 1.84 bits per heavy atom. The monoisotopic (exact) mass is 348 g/mol. The summed E-state index contributed by atoms with van der Waals surface area (Å²) in [6.07, 6.45) is 7.81. The van der Waals surface area contributed by atoms with Gasteiger partial charge in [-0.2, -0.15) is 0 Å². The van der Waals surface area contributed by atoms with Gasteiger partial charge in [0, 0.05) is 18.4 Å². The SMILES string of the molecule is CO[C@@H]1OC2OC(=O)[C@@H]3CC[C@@H]4[C@@]5(C)CCCC(C)(C)[C@@H]5CC[C@]14[C@H]23. The van der Waals surface area contributed by atoms with Crippen LogP contribution in [0.4, 0.5) is 0 Å². The zero-order valence-electron chi connectivity index (χ0n) is 16.0. The summed E-state index contributed by atoms with van der Waals surface area (Å²) in [5.74, 6) is 1.53. The van der Waals surface area contributed by atoms with Gasteiger partial charge < -0.3 is 14.2 Å². The topological polar surface area (TPSA) is 44.8 Å². The first-order valence-corrected chi connectivity index (χ1v) is 10.2. The van der Waals surface area contributed by atoms with Gasteiger partial charge in [0.2, 0.25) is 6.29 Å². The highest BCUT2D eigenvalue weighted by Gasteiger charge is 2.74. The van der Waals surface area contributed by atoms with Crippen molar-refractivity contribution in [1.29, 1.82) is 0 Å². The van der Waals surface area contributed by atoms with Crippen molar-refractivity contribution < 1.29 is 19.0 Å². The molecule has 2 saturated heterocycles. The predicted octanol–water partition coefficient (Wildman–Crippen LogP) is 4.13. The second kappa shape index (κ2) is 5.01. The van der Waals surface area contributed by atoms with Gasteiger partial charge >= 0.3 is 5.97 Å². The third-order valence-corrected chi connectivity index (χ3v) is 9.15. The molecule has 0 bridgehead atoms. The quantitative estimate of drug-likeness (QED) is 0.669. The first-order valence-electron chi connectivity index (χ1n) is 10.2. The van der Waals surface area contributed by atoms with Gasteiger partial charge in [0.05, 0.1) is 5.92 Å². The molecule has 5 aliphatic rings. The summed E-state index contributed by atoms with van der Waals surface area (Å²) in [6, 6.07) is 0. The lowest BCUT2D eigenvalue weighted by Gasteiger charge is -2.65. The smallest absolute Gasteiger partial charge is 0.311 e. The summed E-state index contributed by atoms with van der Waals surface area (Å²) in [7, 11) is 1.77. The molecular formula is C21H32O4. The van der Waals surface area contributed by atoms with Crippen LogP contribution in [0.5, 0.6) is 0 Å². The van der Waals surface area contributed by atoms with Crippen molar-refractivity contribution in [3.05, 3.63) is 0 Å². The van der Waals surface area contributed by atoms with E-state index in [-0.39, 0.29) is 35.8 Å². The maximum atomic E-state index is 12.4. The molecule has 8 atom stereocenters. The molecule has 0 aromatic rings. The molecule has 0 radical (unpaired) electrons. The van der Waals surface area contributed by atoms with Crippen LogP contribution in [-0.4, -0.2) is 25.7 Å². The number of carbonyl (C=O) groups excluding carboxylic acids is 1. The molecule has 5 fully saturated rings. The summed E-state index contributed by atoms with van der Waals surface area (Å²) in [5.41, 5.74) is 0.702. The van der Waals surface area contributed by atoms with Crippen molar-refractivity contribution in [2.45, 2.75) is 78.3 Å². The Kier molecular flexibility index (Phi) is 3.32. The fourth-order valence-corrected chi connectivity index (χ4v) is 8.44. The van der Waals surface area contributed by atoms with Crippen LogP contribution < -0.4 is 0 Å². The number of rotatable bonds is 1. The standard InChI is InChI=1S/C21H32O4/c1-19(2)9-5-10-20(3)13(19)8-11-21-14(20)7-6-12-15(21)17(24-16(12)22)25-18(21)23-4/h12-15,17-18H,5-11H2,1-4H3/t12-,13+,14-,15+,17?,18-,20+,21+/m1/s1. The van der Waals surface area contributed by atoms with Gasteiger partial charge in [0.15, 0.2) is 6.29 Å². The minimum atomic E-state index is -0.373. The Bertz CT molecular complexity index is 601. The lowest BCUT2D eigenvalue weighted by molar-refractivity contribution is -0.250. The van der Waals surface area contributed by atoms with Gasteiger partial charge in [-0.15, -0.1) is 0 Å². The van der Waals surface area contributed by atoms with E-state index in [0.717, 1.165) is 25.2 Å².